The summed E-state index contributed by atoms with van der Waals surface area (Å²) in [6.07, 6.45) is 17.7. The second-order valence-corrected chi connectivity index (χ2v) is 10.5. The highest BCUT2D eigenvalue weighted by atomic mass is 16.4. The maximum absolute atomic E-state index is 11.9. The van der Waals surface area contributed by atoms with E-state index in [1.807, 2.05) is 26.8 Å². The van der Waals surface area contributed by atoms with Crippen LogP contribution in [0.4, 0.5) is 0 Å². The highest BCUT2D eigenvalue weighted by molar-refractivity contribution is 5.71. The van der Waals surface area contributed by atoms with Crippen molar-refractivity contribution in [2.45, 2.75) is 111 Å². The number of unbranched alkanes of at least 4 members (excludes halogenated alkanes) is 9. The van der Waals surface area contributed by atoms with Gasteiger partial charge in [-0.3, -0.25) is 14.4 Å². The maximum Gasteiger partial charge on any atom is 0.312 e. The standard InChI is InChI=1S/C29H53NO6/c1-5-9-10-11-12-13-14-15-16-17-18-19-20-30(21-24(6-2)27(31)32,22-25(7-3)28(33)34)23-26(8-4)29(35)36/h18-19,24-26H,5-17,20-23H2,1-4H3,(H2-,31,32,33,34,35,36)/p+1/b19-18+. The molecule has 0 aromatic rings. The van der Waals surface area contributed by atoms with E-state index in [2.05, 4.69) is 13.0 Å². The van der Waals surface area contributed by atoms with Gasteiger partial charge in [0, 0.05) is 0 Å². The van der Waals surface area contributed by atoms with Crippen LogP contribution >= 0.6 is 0 Å². The van der Waals surface area contributed by atoms with Gasteiger partial charge in [-0.15, -0.1) is 0 Å². The van der Waals surface area contributed by atoms with Crippen molar-refractivity contribution in [1.82, 2.24) is 0 Å². The molecular formula is C29H54NO6+. The summed E-state index contributed by atoms with van der Waals surface area (Å²) < 4.78 is 0.175. The fourth-order valence-electron chi connectivity index (χ4n) is 4.98. The van der Waals surface area contributed by atoms with E-state index in [4.69, 9.17) is 0 Å². The van der Waals surface area contributed by atoms with Gasteiger partial charge in [0.25, 0.3) is 0 Å². The van der Waals surface area contributed by atoms with Gasteiger partial charge in [0.2, 0.25) is 0 Å². The van der Waals surface area contributed by atoms with E-state index in [-0.39, 0.29) is 24.1 Å². The average Bonchev–Trinajstić information content (AvgIpc) is 2.84. The molecule has 0 saturated heterocycles. The van der Waals surface area contributed by atoms with Crippen LogP contribution in [0, 0.1) is 17.8 Å². The number of hydrogen-bond donors (Lipinski definition) is 3. The lowest BCUT2D eigenvalue weighted by Gasteiger charge is -2.42. The van der Waals surface area contributed by atoms with Crippen molar-refractivity contribution in [2.75, 3.05) is 26.2 Å². The molecule has 7 nitrogen and oxygen atoms in total. The quantitative estimate of drug-likeness (QED) is 0.0762. The smallest absolute Gasteiger partial charge is 0.312 e. The summed E-state index contributed by atoms with van der Waals surface area (Å²) in [5, 5.41) is 29.2. The SMILES string of the molecule is CCCCCCCCCCC/C=C/C[N+](CC(CC)C(=O)O)(CC(CC)C(=O)O)CC(CC)C(=O)O. The zero-order chi connectivity index (χ0) is 27.4. The van der Waals surface area contributed by atoms with Gasteiger partial charge in [-0.05, 0) is 38.2 Å². The van der Waals surface area contributed by atoms with Gasteiger partial charge in [0.1, 0.15) is 17.8 Å². The zero-order valence-corrected chi connectivity index (χ0v) is 23.4. The summed E-state index contributed by atoms with van der Waals surface area (Å²) in [6.45, 7) is 8.84. The third-order valence-electron chi connectivity index (χ3n) is 7.48. The molecular weight excluding hydrogens is 458 g/mol. The van der Waals surface area contributed by atoms with E-state index < -0.39 is 35.7 Å². The molecule has 0 heterocycles. The molecule has 36 heavy (non-hydrogen) atoms. The van der Waals surface area contributed by atoms with Crippen LogP contribution in [-0.4, -0.2) is 63.9 Å². The number of allylic oxidation sites excluding steroid dienone is 1. The summed E-state index contributed by atoms with van der Waals surface area (Å²) in [5.74, 6) is -4.67. The third kappa shape index (κ3) is 14.6. The number of quaternary nitrogens is 1. The normalized spacial score (nSPS) is 15.9. The second kappa shape index (κ2) is 20.2. The van der Waals surface area contributed by atoms with Crippen molar-refractivity contribution in [3.8, 4) is 0 Å². The average molecular weight is 513 g/mol. The van der Waals surface area contributed by atoms with Crippen LogP contribution in [0.5, 0.6) is 0 Å². The first kappa shape index (κ1) is 34.1. The fourth-order valence-corrected chi connectivity index (χ4v) is 4.98. The molecule has 0 aliphatic rings. The van der Waals surface area contributed by atoms with Crippen LogP contribution in [0.3, 0.4) is 0 Å². The first-order valence-corrected chi connectivity index (χ1v) is 14.3. The Morgan fingerprint density at radius 3 is 1.28 bits per heavy atom. The topological polar surface area (TPSA) is 112 Å². The van der Waals surface area contributed by atoms with Crippen LogP contribution in [0.1, 0.15) is 111 Å². The molecule has 7 heteroatoms. The molecule has 0 saturated carbocycles. The van der Waals surface area contributed by atoms with Crippen molar-refractivity contribution in [3.05, 3.63) is 12.2 Å². The maximum atomic E-state index is 11.9. The molecule has 0 amide bonds. The molecule has 0 aliphatic heterocycles. The van der Waals surface area contributed by atoms with Crippen LogP contribution in [0.2, 0.25) is 0 Å². The minimum atomic E-state index is -0.912. The Bertz CT molecular complexity index is 588. The second-order valence-electron chi connectivity index (χ2n) is 10.5. The predicted octanol–water partition coefficient (Wildman–Crippen LogP) is 6.61. The molecule has 0 aromatic carbocycles. The molecule has 0 bridgehead atoms. The Morgan fingerprint density at radius 2 is 0.944 bits per heavy atom. The lowest BCUT2D eigenvalue weighted by molar-refractivity contribution is -0.929. The Balaban J connectivity index is 5.36. The highest BCUT2D eigenvalue weighted by Crippen LogP contribution is 2.24. The summed E-state index contributed by atoms with van der Waals surface area (Å²) in [7, 11) is 0. The molecule has 3 N–H and O–H groups in total. The van der Waals surface area contributed by atoms with E-state index in [9.17, 15) is 29.7 Å². The van der Waals surface area contributed by atoms with Crippen molar-refractivity contribution < 1.29 is 34.2 Å². The summed E-state index contributed by atoms with van der Waals surface area (Å²) in [6, 6.07) is 0. The number of aliphatic carboxylic acids is 3. The Kier molecular flexibility index (Phi) is 19.1. The lowest BCUT2D eigenvalue weighted by atomic mass is 9.96. The Hall–Kier alpha value is -1.89. The van der Waals surface area contributed by atoms with E-state index in [0.29, 0.717) is 25.8 Å². The summed E-state index contributed by atoms with van der Waals surface area (Å²) in [4.78, 5) is 35.7. The van der Waals surface area contributed by atoms with E-state index in [0.717, 1.165) is 12.8 Å². The molecule has 0 rings (SSSR count). The van der Waals surface area contributed by atoms with E-state index in [1.54, 1.807) is 0 Å². The Labute approximate surface area is 219 Å². The molecule has 3 unspecified atom stereocenters. The van der Waals surface area contributed by atoms with Crippen molar-refractivity contribution in [3.63, 3.8) is 0 Å². The first-order valence-electron chi connectivity index (χ1n) is 14.3. The Morgan fingerprint density at radius 1 is 0.583 bits per heavy atom. The van der Waals surface area contributed by atoms with Crippen LogP contribution in [0.25, 0.3) is 0 Å². The summed E-state index contributed by atoms with van der Waals surface area (Å²) in [5.41, 5.74) is 0. The molecule has 210 valence electrons. The van der Waals surface area contributed by atoms with Gasteiger partial charge in [0.15, 0.2) is 0 Å². The van der Waals surface area contributed by atoms with Crippen LogP contribution < -0.4 is 0 Å². The molecule has 0 fully saturated rings. The van der Waals surface area contributed by atoms with Gasteiger partial charge < -0.3 is 19.8 Å². The predicted molar refractivity (Wildman–Crippen MR) is 145 cm³/mol. The van der Waals surface area contributed by atoms with E-state index in [1.165, 1.54) is 51.4 Å². The minimum Gasteiger partial charge on any atom is -0.481 e. The number of rotatable bonds is 24. The number of carbonyl (C=O) groups is 3. The third-order valence-corrected chi connectivity index (χ3v) is 7.48. The number of carboxylic acid groups (broad SMARTS) is 3. The molecule has 0 radical (unpaired) electrons. The van der Waals surface area contributed by atoms with Gasteiger partial charge in [-0.25, -0.2) is 0 Å². The van der Waals surface area contributed by atoms with Gasteiger partial charge >= 0.3 is 17.9 Å². The van der Waals surface area contributed by atoms with Crippen molar-refractivity contribution >= 4 is 17.9 Å². The number of carboxylic acids is 3. The van der Waals surface area contributed by atoms with Crippen LogP contribution in [0.15, 0.2) is 12.2 Å². The minimum absolute atomic E-state index is 0.175. The molecule has 3 atom stereocenters. The largest absolute Gasteiger partial charge is 0.481 e. The molecule has 0 aliphatic carbocycles. The lowest BCUT2D eigenvalue weighted by Crippen LogP contribution is -2.58. The van der Waals surface area contributed by atoms with Crippen molar-refractivity contribution in [2.24, 2.45) is 17.8 Å². The number of hydrogen-bond acceptors (Lipinski definition) is 3. The van der Waals surface area contributed by atoms with Crippen molar-refractivity contribution in [1.29, 1.82) is 0 Å². The monoisotopic (exact) mass is 512 g/mol. The summed E-state index contributed by atoms with van der Waals surface area (Å²) >= 11 is 0. The fraction of sp³-hybridized carbons (Fsp3) is 0.828. The van der Waals surface area contributed by atoms with Gasteiger partial charge in [0.05, 0.1) is 26.2 Å². The highest BCUT2D eigenvalue weighted by Gasteiger charge is 2.39. The van der Waals surface area contributed by atoms with Gasteiger partial charge in [-0.2, -0.15) is 0 Å². The first-order chi connectivity index (χ1) is 17.2. The molecule has 0 aromatic heterocycles. The van der Waals surface area contributed by atoms with E-state index >= 15 is 0 Å². The number of nitrogens with zero attached hydrogens (tertiary/aromatic N) is 1. The molecule has 0 spiro atoms. The van der Waals surface area contributed by atoms with Crippen LogP contribution in [-0.2, 0) is 14.4 Å². The van der Waals surface area contributed by atoms with Gasteiger partial charge in [-0.1, -0.05) is 85.1 Å². The zero-order valence-electron chi connectivity index (χ0n) is 23.4.